The van der Waals surface area contributed by atoms with Gasteiger partial charge in [0.05, 0.1) is 11.0 Å². The summed E-state index contributed by atoms with van der Waals surface area (Å²) in [7, 11) is 0. The summed E-state index contributed by atoms with van der Waals surface area (Å²) in [4.78, 5) is 10.1. The summed E-state index contributed by atoms with van der Waals surface area (Å²) < 4.78 is 13.1. The van der Waals surface area contributed by atoms with Crippen LogP contribution in [0, 0.1) is 22.9 Å². The van der Waals surface area contributed by atoms with E-state index in [0.717, 1.165) is 17.8 Å². The molecule has 0 aliphatic heterocycles. The molecule has 0 atom stereocenters. The van der Waals surface area contributed by atoms with E-state index in [1.165, 1.54) is 6.07 Å². The summed E-state index contributed by atoms with van der Waals surface area (Å²) in [6.07, 6.45) is 4.34. The molecule has 1 rings (SSSR count). The van der Waals surface area contributed by atoms with Gasteiger partial charge in [-0.15, -0.1) is 0 Å². The summed E-state index contributed by atoms with van der Waals surface area (Å²) >= 11 is 3.26. The zero-order valence-corrected chi connectivity index (χ0v) is 10.3. The van der Waals surface area contributed by atoms with Crippen LogP contribution >= 0.6 is 15.9 Å². The third kappa shape index (κ3) is 3.13. The molecule has 86 valence electrons. The first-order chi connectivity index (χ1) is 7.56. The van der Waals surface area contributed by atoms with Crippen molar-refractivity contribution in [1.29, 1.82) is 0 Å². The molecule has 0 amide bonds. The molecule has 0 saturated carbocycles. The number of nitrogens with zero attached hydrogens (tertiary/aromatic N) is 1. The monoisotopic (exact) mass is 287 g/mol. The van der Waals surface area contributed by atoms with Crippen molar-refractivity contribution >= 4 is 27.7 Å². The second-order valence-electron chi connectivity index (χ2n) is 3.28. The van der Waals surface area contributed by atoms with Gasteiger partial charge in [0.25, 0.3) is 5.69 Å². The minimum absolute atomic E-state index is 0.182. The maximum Gasteiger partial charge on any atom is 0.275 e. The molecule has 0 heterocycles. The van der Waals surface area contributed by atoms with E-state index in [4.69, 9.17) is 0 Å². The number of halogens is 2. The summed E-state index contributed by atoms with van der Waals surface area (Å²) in [6.45, 7) is 1.62. The van der Waals surface area contributed by atoms with Crippen LogP contribution < -0.4 is 0 Å². The molecule has 0 spiro atoms. The lowest BCUT2D eigenvalue weighted by Crippen LogP contribution is -1.95. The maximum absolute atomic E-state index is 13.1. The quantitative estimate of drug-likeness (QED) is 0.480. The molecular weight excluding hydrogens is 277 g/mol. The van der Waals surface area contributed by atoms with Crippen molar-refractivity contribution in [2.45, 2.75) is 13.3 Å². The fourth-order valence-electron chi connectivity index (χ4n) is 1.32. The van der Waals surface area contributed by atoms with E-state index in [0.29, 0.717) is 11.1 Å². The number of benzene rings is 1. The molecule has 3 nitrogen and oxygen atoms in total. The van der Waals surface area contributed by atoms with Crippen molar-refractivity contribution in [2.24, 2.45) is 0 Å². The van der Waals surface area contributed by atoms with E-state index in [1.54, 1.807) is 13.0 Å². The van der Waals surface area contributed by atoms with Crippen LogP contribution in [0.1, 0.15) is 17.5 Å². The Morgan fingerprint density at radius 3 is 2.81 bits per heavy atom. The summed E-state index contributed by atoms with van der Waals surface area (Å²) in [5, 5.41) is 11.5. The van der Waals surface area contributed by atoms with Crippen molar-refractivity contribution < 1.29 is 9.31 Å². The highest BCUT2D eigenvalue weighted by molar-refractivity contribution is 9.09. The number of allylic oxidation sites excluding steroid dienone is 1. The average Bonchev–Trinajstić information content (AvgIpc) is 2.22. The van der Waals surface area contributed by atoms with E-state index in [9.17, 15) is 14.5 Å². The van der Waals surface area contributed by atoms with Gasteiger partial charge in [-0.05, 0) is 25.0 Å². The van der Waals surface area contributed by atoms with Crippen LogP contribution in [0.3, 0.4) is 0 Å². The Hall–Kier alpha value is -1.23. The van der Waals surface area contributed by atoms with Crippen molar-refractivity contribution in [3.05, 3.63) is 45.3 Å². The van der Waals surface area contributed by atoms with E-state index in [2.05, 4.69) is 15.9 Å². The lowest BCUT2D eigenvalue weighted by Gasteiger charge is -2.02. The highest BCUT2D eigenvalue weighted by Crippen LogP contribution is 2.24. The van der Waals surface area contributed by atoms with Gasteiger partial charge < -0.3 is 0 Å². The first-order valence-electron chi connectivity index (χ1n) is 4.73. The van der Waals surface area contributed by atoms with Gasteiger partial charge in [-0.1, -0.05) is 28.1 Å². The molecular formula is C11H11BrFNO2. The predicted octanol–water partition coefficient (Wildman–Crippen LogP) is 3.84. The number of rotatable bonds is 4. The normalized spacial score (nSPS) is 10.9. The Kier molecular flexibility index (Phi) is 4.61. The smallest absolute Gasteiger partial charge is 0.258 e. The molecule has 0 saturated heterocycles. The zero-order valence-electron chi connectivity index (χ0n) is 8.74. The highest BCUT2D eigenvalue weighted by atomic mass is 79.9. The van der Waals surface area contributed by atoms with Gasteiger partial charge in [0.2, 0.25) is 0 Å². The molecule has 16 heavy (non-hydrogen) atoms. The van der Waals surface area contributed by atoms with Crippen LogP contribution in [0.15, 0.2) is 18.2 Å². The number of alkyl halides is 1. The number of nitro benzene ring substituents is 1. The fourth-order valence-corrected chi connectivity index (χ4v) is 1.59. The van der Waals surface area contributed by atoms with Crippen LogP contribution in [-0.4, -0.2) is 10.3 Å². The van der Waals surface area contributed by atoms with Gasteiger partial charge in [-0.3, -0.25) is 10.1 Å². The first kappa shape index (κ1) is 12.8. The number of hydrogen-bond donors (Lipinski definition) is 0. The van der Waals surface area contributed by atoms with Crippen LogP contribution in [0.5, 0.6) is 0 Å². The fraction of sp³-hybridized carbons (Fsp3) is 0.273. The number of hydrogen-bond acceptors (Lipinski definition) is 2. The molecule has 0 unspecified atom stereocenters. The third-order valence-electron chi connectivity index (χ3n) is 2.16. The van der Waals surface area contributed by atoms with Gasteiger partial charge in [0.1, 0.15) is 5.82 Å². The lowest BCUT2D eigenvalue weighted by molar-refractivity contribution is -0.385. The minimum Gasteiger partial charge on any atom is -0.258 e. The average molecular weight is 288 g/mol. The SMILES string of the molecule is Cc1c(C=CCCBr)cc(F)cc1[N+](=O)[O-]. The van der Waals surface area contributed by atoms with Crippen molar-refractivity contribution in [3.8, 4) is 0 Å². The standard InChI is InChI=1S/C11H11BrFNO2/c1-8-9(4-2-3-5-12)6-10(13)7-11(8)14(15)16/h2,4,6-7H,3,5H2,1H3. The number of nitro groups is 1. The molecule has 0 aliphatic rings. The lowest BCUT2D eigenvalue weighted by atomic mass is 10.1. The van der Waals surface area contributed by atoms with Crippen LogP contribution in [-0.2, 0) is 0 Å². The second kappa shape index (κ2) is 5.75. The molecule has 1 aromatic rings. The van der Waals surface area contributed by atoms with Crippen LogP contribution in [0.2, 0.25) is 0 Å². The highest BCUT2D eigenvalue weighted by Gasteiger charge is 2.14. The Labute approximate surface area is 101 Å². The molecule has 1 aromatic carbocycles. The van der Waals surface area contributed by atoms with Crippen LogP contribution in [0.4, 0.5) is 10.1 Å². The third-order valence-corrected chi connectivity index (χ3v) is 2.61. The maximum atomic E-state index is 13.1. The van der Waals surface area contributed by atoms with Crippen molar-refractivity contribution in [1.82, 2.24) is 0 Å². The molecule has 0 bridgehead atoms. The Morgan fingerprint density at radius 2 is 2.25 bits per heavy atom. The molecule has 0 aromatic heterocycles. The summed E-state index contributed by atoms with van der Waals surface area (Å²) in [5.74, 6) is -0.587. The van der Waals surface area contributed by atoms with E-state index >= 15 is 0 Å². The summed E-state index contributed by atoms with van der Waals surface area (Å²) in [6, 6.07) is 2.24. The van der Waals surface area contributed by atoms with Gasteiger partial charge in [-0.25, -0.2) is 4.39 Å². The second-order valence-corrected chi connectivity index (χ2v) is 4.07. The largest absolute Gasteiger partial charge is 0.275 e. The Bertz CT molecular complexity index is 432. The topological polar surface area (TPSA) is 43.1 Å². The van der Waals surface area contributed by atoms with Gasteiger partial charge in [-0.2, -0.15) is 0 Å². The van der Waals surface area contributed by atoms with Crippen molar-refractivity contribution in [2.75, 3.05) is 5.33 Å². The van der Waals surface area contributed by atoms with E-state index in [-0.39, 0.29) is 5.69 Å². The predicted molar refractivity (Wildman–Crippen MR) is 65.2 cm³/mol. The van der Waals surface area contributed by atoms with Gasteiger partial charge in [0.15, 0.2) is 0 Å². The van der Waals surface area contributed by atoms with Crippen LogP contribution in [0.25, 0.3) is 6.08 Å². The van der Waals surface area contributed by atoms with E-state index < -0.39 is 10.7 Å². The Balaban J connectivity index is 3.14. The van der Waals surface area contributed by atoms with Gasteiger partial charge >= 0.3 is 0 Å². The molecule has 5 heteroatoms. The Morgan fingerprint density at radius 1 is 1.56 bits per heavy atom. The van der Waals surface area contributed by atoms with Gasteiger partial charge in [0, 0.05) is 10.9 Å². The summed E-state index contributed by atoms with van der Waals surface area (Å²) in [5.41, 5.74) is 0.850. The van der Waals surface area contributed by atoms with Crippen molar-refractivity contribution in [3.63, 3.8) is 0 Å². The minimum atomic E-state index is -0.587. The molecule has 0 fully saturated rings. The molecule has 0 radical (unpaired) electrons. The first-order valence-corrected chi connectivity index (χ1v) is 5.85. The molecule has 0 N–H and O–H groups in total. The zero-order chi connectivity index (χ0) is 12.1. The van der Waals surface area contributed by atoms with E-state index in [1.807, 2.05) is 6.08 Å². The molecule has 0 aliphatic carbocycles.